The third-order valence-corrected chi connectivity index (χ3v) is 3.80. The zero-order valence-corrected chi connectivity index (χ0v) is 12.3. The SMILES string of the molecule is COc1cccnc1CSc1nc(N)cc(SC)n1. The van der Waals surface area contributed by atoms with Crippen molar-refractivity contribution in [2.45, 2.75) is 15.9 Å². The Morgan fingerprint density at radius 3 is 2.95 bits per heavy atom. The van der Waals surface area contributed by atoms with E-state index < -0.39 is 0 Å². The van der Waals surface area contributed by atoms with Crippen LogP contribution in [0.2, 0.25) is 0 Å². The number of hydrogen-bond acceptors (Lipinski definition) is 7. The summed E-state index contributed by atoms with van der Waals surface area (Å²) in [4.78, 5) is 12.9. The van der Waals surface area contributed by atoms with Crippen molar-refractivity contribution in [3.05, 3.63) is 30.1 Å². The lowest BCUT2D eigenvalue weighted by Gasteiger charge is -2.07. The molecular weight excluding hydrogens is 280 g/mol. The normalized spacial score (nSPS) is 10.4. The highest BCUT2D eigenvalue weighted by Crippen LogP contribution is 2.26. The lowest BCUT2D eigenvalue weighted by atomic mass is 10.3. The standard InChI is InChI=1S/C12H14N4OS2/c1-17-9-4-3-5-14-8(9)7-19-12-15-10(13)6-11(16-12)18-2/h3-6H,7H2,1-2H3,(H2,13,15,16). The largest absolute Gasteiger partial charge is 0.495 e. The van der Waals surface area contributed by atoms with Crippen LogP contribution in [0.15, 0.2) is 34.6 Å². The number of nitrogens with two attached hydrogens (primary N) is 1. The monoisotopic (exact) mass is 294 g/mol. The summed E-state index contributed by atoms with van der Waals surface area (Å²) >= 11 is 3.03. The van der Waals surface area contributed by atoms with Gasteiger partial charge in [0.15, 0.2) is 5.16 Å². The van der Waals surface area contributed by atoms with E-state index in [1.165, 1.54) is 11.8 Å². The fraction of sp³-hybridized carbons (Fsp3) is 0.250. The van der Waals surface area contributed by atoms with Gasteiger partial charge in [-0.3, -0.25) is 4.98 Å². The van der Waals surface area contributed by atoms with E-state index in [1.54, 1.807) is 31.1 Å². The number of hydrogen-bond donors (Lipinski definition) is 1. The van der Waals surface area contributed by atoms with Crippen LogP contribution in [0.5, 0.6) is 5.75 Å². The van der Waals surface area contributed by atoms with E-state index >= 15 is 0 Å². The van der Waals surface area contributed by atoms with Crippen molar-refractivity contribution in [1.29, 1.82) is 0 Å². The molecule has 5 nitrogen and oxygen atoms in total. The molecule has 0 aliphatic carbocycles. The quantitative estimate of drug-likeness (QED) is 0.516. The van der Waals surface area contributed by atoms with Crippen LogP contribution in [-0.2, 0) is 5.75 Å². The predicted molar refractivity (Wildman–Crippen MR) is 78.6 cm³/mol. The number of nitrogen functional groups attached to an aromatic ring is 1. The Morgan fingerprint density at radius 1 is 1.37 bits per heavy atom. The van der Waals surface area contributed by atoms with Gasteiger partial charge in [0.05, 0.1) is 12.8 Å². The van der Waals surface area contributed by atoms with Crippen LogP contribution in [0.25, 0.3) is 0 Å². The minimum Gasteiger partial charge on any atom is -0.495 e. The zero-order chi connectivity index (χ0) is 13.7. The third kappa shape index (κ3) is 3.74. The van der Waals surface area contributed by atoms with Crippen LogP contribution in [0, 0.1) is 0 Å². The maximum Gasteiger partial charge on any atom is 0.190 e. The van der Waals surface area contributed by atoms with E-state index in [1.807, 2.05) is 18.4 Å². The predicted octanol–water partition coefficient (Wildman–Crippen LogP) is 2.48. The van der Waals surface area contributed by atoms with Crippen LogP contribution in [0.3, 0.4) is 0 Å². The Hall–Kier alpha value is -1.47. The first-order valence-corrected chi connectivity index (χ1v) is 7.73. The molecule has 0 aliphatic heterocycles. The smallest absolute Gasteiger partial charge is 0.190 e. The highest BCUT2D eigenvalue weighted by molar-refractivity contribution is 7.99. The van der Waals surface area contributed by atoms with Crippen molar-refractivity contribution in [2.75, 3.05) is 19.1 Å². The number of thioether (sulfide) groups is 2. The molecular formula is C12H14N4OS2. The average molecular weight is 294 g/mol. The summed E-state index contributed by atoms with van der Waals surface area (Å²) in [5, 5.41) is 1.51. The molecule has 19 heavy (non-hydrogen) atoms. The number of anilines is 1. The first-order valence-electron chi connectivity index (χ1n) is 5.52. The Labute approximate surface area is 120 Å². The van der Waals surface area contributed by atoms with Crippen molar-refractivity contribution in [3.63, 3.8) is 0 Å². The fourth-order valence-electron chi connectivity index (χ4n) is 1.44. The van der Waals surface area contributed by atoms with Crippen molar-refractivity contribution in [1.82, 2.24) is 15.0 Å². The van der Waals surface area contributed by atoms with E-state index in [0.29, 0.717) is 16.7 Å². The molecule has 0 spiro atoms. The summed E-state index contributed by atoms with van der Waals surface area (Å²) < 4.78 is 5.26. The second-order valence-corrected chi connectivity index (χ2v) is 5.33. The van der Waals surface area contributed by atoms with Crippen LogP contribution < -0.4 is 10.5 Å². The Morgan fingerprint density at radius 2 is 2.21 bits per heavy atom. The number of pyridine rings is 1. The van der Waals surface area contributed by atoms with E-state index in [2.05, 4.69) is 15.0 Å². The zero-order valence-electron chi connectivity index (χ0n) is 10.7. The molecule has 0 bridgehead atoms. The maximum atomic E-state index is 5.74. The molecule has 0 saturated heterocycles. The molecule has 2 aromatic heterocycles. The molecule has 0 atom stereocenters. The highest BCUT2D eigenvalue weighted by atomic mass is 32.2. The Balaban J connectivity index is 2.12. The summed E-state index contributed by atoms with van der Waals surface area (Å²) in [6.45, 7) is 0. The molecule has 2 aromatic rings. The lowest BCUT2D eigenvalue weighted by Crippen LogP contribution is -1.97. The molecule has 0 fully saturated rings. The second kappa shape index (κ2) is 6.63. The van der Waals surface area contributed by atoms with Gasteiger partial charge in [-0.2, -0.15) is 0 Å². The first-order chi connectivity index (χ1) is 9.22. The molecule has 0 saturated carbocycles. The molecule has 0 aliphatic rings. The highest BCUT2D eigenvalue weighted by Gasteiger charge is 2.07. The van der Waals surface area contributed by atoms with E-state index in [-0.39, 0.29) is 0 Å². The summed E-state index contributed by atoms with van der Waals surface area (Å²) in [6.07, 6.45) is 3.70. The summed E-state index contributed by atoms with van der Waals surface area (Å²) in [5.41, 5.74) is 6.61. The number of ether oxygens (including phenoxy) is 1. The van der Waals surface area contributed by atoms with Crippen molar-refractivity contribution >= 4 is 29.3 Å². The lowest BCUT2D eigenvalue weighted by molar-refractivity contribution is 0.409. The fourth-order valence-corrected chi connectivity index (χ4v) is 2.73. The number of nitrogens with zero attached hydrogens (tertiary/aromatic N) is 3. The average Bonchev–Trinajstić information content (AvgIpc) is 2.44. The number of methoxy groups -OCH3 is 1. The first kappa shape index (κ1) is 14.0. The van der Waals surface area contributed by atoms with Crippen molar-refractivity contribution < 1.29 is 4.74 Å². The van der Waals surface area contributed by atoms with Crippen LogP contribution in [-0.4, -0.2) is 28.3 Å². The van der Waals surface area contributed by atoms with E-state index in [9.17, 15) is 0 Å². The number of aromatic nitrogens is 3. The van der Waals surface area contributed by atoms with Gasteiger partial charge in [-0.15, -0.1) is 11.8 Å². The summed E-state index contributed by atoms with van der Waals surface area (Å²) in [6, 6.07) is 5.49. The molecule has 0 aromatic carbocycles. The molecule has 0 amide bonds. The van der Waals surface area contributed by atoms with Crippen LogP contribution in [0.4, 0.5) is 5.82 Å². The molecule has 100 valence electrons. The third-order valence-electron chi connectivity index (χ3n) is 2.32. The molecule has 2 heterocycles. The summed E-state index contributed by atoms with van der Waals surface area (Å²) in [5.74, 6) is 1.89. The summed E-state index contributed by atoms with van der Waals surface area (Å²) in [7, 11) is 1.63. The second-order valence-electron chi connectivity index (χ2n) is 3.56. The Kier molecular flexibility index (Phi) is 4.86. The molecule has 0 unspecified atom stereocenters. The van der Waals surface area contributed by atoms with Gasteiger partial charge in [0.1, 0.15) is 16.6 Å². The van der Waals surface area contributed by atoms with Gasteiger partial charge in [-0.25, -0.2) is 9.97 Å². The van der Waals surface area contributed by atoms with Gasteiger partial charge in [-0.1, -0.05) is 11.8 Å². The topological polar surface area (TPSA) is 73.9 Å². The van der Waals surface area contributed by atoms with E-state index in [4.69, 9.17) is 10.5 Å². The van der Waals surface area contributed by atoms with Gasteiger partial charge < -0.3 is 10.5 Å². The molecule has 0 radical (unpaired) electrons. The van der Waals surface area contributed by atoms with Crippen LogP contribution >= 0.6 is 23.5 Å². The van der Waals surface area contributed by atoms with Gasteiger partial charge in [0.25, 0.3) is 0 Å². The minimum absolute atomic E-state index is 0.481. The molecule has 2 N–H and O–H groups in total. The van der Waals surface area contributed by atoms with Gasteiger partial charge in [0.2, 0.25) is 0 Å². The van der Waals surface area contributed by atoms with Gasteiger partial charge >= 0.3 is 0 Å². The van der Waals surface area contributed by atoms with Crippen molar-refractivity contribution in [2.24, 2.45) is 0 Å². The molecule has 7 heteroatoms. The number of rotatable bonds is 5. The Bertz CT molecular complexity index is 565. The van der Waals surface area contributed by atoms with Crippen molar-refractivity contribution in [3.8, 4) is 5.75 Å². The maximum absolute atomic E-state index is 5.74. The van der Waals surface area contributed by atoms with Gasteiger partial charge in [0, 0.05) is 18.0 Å². The molecule has 2 rings (SSSR count). The minimum atomic E-state index is 0.481. The van der Waals surface area contributed by atoms with E-state index in [0.717, 1.165) is 16.5 Å². The van der Waals surface area contributed by atoms with Crippen LogP contribution in [0.1, 0.15) is 5.69 Å². The van der Waals surface area contributed by atoms with Gasteiger partial charge in [-0.05, 0) is 18.4 Å².